The number of ketones is 1. The number of carbonyl (C=O) groups is 1. The molecule has 0 unspecified atom stereocenters. The lowest BCUT2D eigenvalue weighted by Gasteiger charge is -2.30. The summed E-state index contributed by atoms with van der Waals surface area (Å²) in [6.45, 7) is 0. The van der Waals surface area contributed by atoms with Gasteiger partial charge in [-0.3, -0.25) is 4.79 Å². The summed E-state index contributed by atoms with van der Waals surface area (Å²) in [5.74, 6) is -0.643. The number of Topliss-reactive ketones (excluding diaryl/α,β-unsaturated/α-hetero) is 1. The zero-order valence-corrected chi connectivity index (χ0v) is 5.71. The van der Waals surface area contributed by atoms with Crippen LogP contribution in [0.15, 0.2) is 0 Å². The Bertz CT molecular complexity index is 168. The van der Waals surface area contributed by atoms with Crippen molar-refractivity contribution in [3.8, 4) is 0 Å². The van der Waals surface area contributed by atoms with Gasteiger partial charge in [-0.25, -0.2) is 0 Å². The molecule has 0 bridgehead atoms. The normalized spacial score (nSPS) is 46.0. The smallest absolute Gasteiger partial charge is 0.166 e. The van der Waals surface area contributed by atoms with Crippen LogP contribution in [0, 0.1) is 0 Å². The van der Waals surface area contributed by atoms with E-state index in [-0.39, 0.29) is 6.42 Å². The largest absolute Gasteiger partial charge is 0.390 e. The van der Waals surface area contributed by atoms with Gasteiger partial charge in [0, 0.05) is 6.42 Å². The number of aliphatic hydroxyl groups is 4. The quantitative estimate of drug-likeness (QED) is 0.313. The van der Waals surface area contributed by atoms with E-state index in [1.165, 1.54) is 0 Å². The van der Waals surface area contributed by atoms with Crippen LogP contribution >= 0.6 is 0 Å². The van der Waals surface area contributed by atoms with E-state index in [0.29, 0.717) is 0 Å². The fraction of sp³-hybridized carbons (Fsp3) is 0.833. The minimum absolute atomic E-state index is 0.306. The highest BCUT2D eigenvalue weighted by Crippen LogP contribution is 2.16. The molecule has 11 heavy (non-hydrogen) atoms. The first-order valence-corrected chi connectivity index (χ1v) is 3.29. The fourth-order valence-electron chi connectivity index (χ4n) is 1.05. The van der Waals surface area contributed by atoms with Gasteiger partial charge in [0.25, 0.3) is 0 Å². The monoisotopic (exact) mass is 162 g/mol. The Balaban J connectivity index is 2.70. The molecule has 1 saturated carbocycles. The van der Waals surface area contributed by atoms with E-state index >= 15 is 0 Å². The van der Waals surface area contributed by atoms with Crippen LogP contribution in [0.5, 0.6) is 0 Å². The minimum Gasteiger partial charge on any atom is -0.390 e. The highest BCUT2D eigenvalue weighted by Gasteiger charge is 2.40. The molecule has 64 valence electrons. The van der Waals surface area contributed by atoms with Crippen molar-refractivity contribution in [3.05, 3.63) is 0 Å². The number of hydrogen-bond acceptors (Lipinski definition) is 5. The van der Waals surface area contributed by atoms with Crippen LogP contribution in [0.2, 0.25) is 0 Å². The van der Waals surface area contributed by atoms with Gasteiger partial charge in [0.1, 0.15) is 18.3 Å². The maximum atomic E-state index is 10.7. The van der Waals surface area contributed by atoms with Crippen molar-refractivity contribution in [2.24, 2.45) is 0 Å². The van der Waals surface area contributed by atoms with Gasteiger partial charge in [-0.1, -0.05) is 0 Å². The number of rotatable bonds is 0. The Morgan fingerprint density at radius 2 is 1.64 bits per heavy atom. The standard InChI is InChI=1S/C6H10O5/c7-2-1-3(8)5(10)6(11)4(2)9/h2,4-7,9-11H,1H2/t2-,4-,5-,6-/m1/s1. The molecule has 0 saturated heterocycles. The van der Waals surface area contributed by atoms with E-state index in [4.69, 9.17) is 20.4 Å². The van der Waals surface area contributed by atoms with E-state index < -0.39 is 30.2 Å². The first-order valence-electron chi connectivity index (χ1n) is 3.29. The fourth-order valence-corrected chi connectivity index (χ4v) is 1.05. The maximum Gasteiger partial charge on any atom is 0.166 e. The number of aliphatic hydroxyl groups excluding tert-OH is 4. The van der Waals surface area contributed by atoms with Crippen molar-refractivity contribution in [3.63, 3.8) is 0 Å². The molecule has 0 aromatic carbocycles. The van der Waals surface area contributed by atoms with Gasteiger partial charge in [-0.15, -0.1) is 0 Å². The summed E-state index contributed by atoms with van der Waals surface area (Å²) in [4.78, 5) is 10.7. The zero-order valence-electron chi connectivity index (χ0n) is 5.71. The molecule has 0 heterocycles. The van der Waals surface area contributed by atoms with Crippen LogP contribution in [0.25, 0.3) is 0 Å². The first kappa shape index (κ1) is 8.61. The van der Waals surface area contributed by atoms with Crippen molar-refractivity contribution in [2.45, 2.75) is 30.8 Å². The van der Waals surface area contributed by atoms with Crippen LogP contribution < -0.4 is 0 Å². The van der Waals surface area contributed by atoms with Gasteiger partial charge in [0.05, 0.1) is 6.10 Å². The summed E-state index contributed by atoms with van der Waals surface area (Å²) < 4.78 is 0. The Kier molecular flexibility index (Phi) is 2.24. The molecule has 1 fully saturated rings. The molecule has 0 spiro atoms. The van der Waals surface area contributed by atoms with Crippen LogP contribution in [-0.2, 0) is 4.79 Å². The van der Waals surface area contributed by atoms with Crippen molar-refractivity contribution in [2.75, 3.05) is 0 Å². The number of carbonyl (C=O) groups excluding carboxylic acids is 1. The highest BCUT2D eigenvalue weighted by atomic mass is 16.4. The van der Waals surface area contributed by atoms with Crippen molar-refractivity contribution >= 4 is 5.78 Å². The van der Waals surface area contributed by atoms with E-state index in [9.17, 15) is 4.79 Å². The Hall–Kier alpha value is -0.490. The third kappa shape index (κ3) is 1.41. The molecule has 0 amide bonds. The van der Waals surface area contributed by atoms with Crippen LogP contribution in [0.4, 0.5) is 0 Å². The van der Waals surface area contributed by atoms with E-state index in [1.807, 2.05) is 0 Å². The molecule has 1 rings (SSSR count). The lowest BCUT2D eigenvalue weighted by molar-refractivity contribution is -0.162. The van der Waals surface area contributed by atoms with Crippen LogP contribution in [-0.4, -0.2) is 50.6 Å². The van der Waals surface area contributed by atoms with Crippen LogP contribution in [0.1, 0.15) is 6.42 Å². The Labute approximate surface area is 62.9 Å². The second kappa shape index (κ2) is 2.86. The van der Waals surface area contributed by atoms with Crippen LogP contribution in [0.3, 0.4) is 0 Å². The first-order chi connectivity index (χ1) is 5.04. The summed E-state index contributed by atoms with van der Waals surface area (Å²) in [6.07, 6.45) is -6.12. The molecular formula is C6H10O5. The molecule has 1 aliphatic carbocycles. The summed E-state index contributed by atoms with van der Waals surface area (Å²) in [5.41, 5.74) is 0. The van der Waals surface area contributed by atoms with E-state index in [1.54, 1.807) is 0 Å². The van der Waals surface area contributed by atoms with Gasteiger partial charge >= 0.3 is 0 Å². The van der Waals surface area contributed by atoms with Crippen molar-refractivity contribution in [1.82, 2.24) is 0 Å². The van der Waals surface area contributed by atoms with Crippen molar-refractivity contribution in [1.29, 1.82) is 0 Å². The van der Waals surface area contributed by atoms with Gasteiger partial charge in [0.2, 0.25) is 0 Å². The van der Waals surface area contributed by atoms with Crippen molar-refractivity contribution < 1.29 is 25.2 Å². The summed E-state index contributed by atoms with van der Waals surface area (Å²) in [7, 11) is 0. The average molecular weight is 162 g/mol. The Morgan fingerprint density at radius 1 is 1.09 bits per heavy atom. The maximum absolute atomic E-state index is 10.7. The molecule has 0 aromatic heterocycles. The van der Waals surface area contributed by atoms with Gasteiger partial charge in [0.15, 0.2) is 5.78 Å². The minimum atomic E-state index is -1.56. The molecule has 5 heteroatoms. The second-order valence-corrected chi connectivity index (χ2v) is 2.66. The molecular weight excluding hydrogens is 152 g/mol. The molecule has 0 aliphatic heterocycles. The topological polar surface area (TPSA) is 98.0 Å². The summed E-state index contributed by atoms with van der Waals surface area (Å²) in [6, 6.07) is 0. The van der Waals surface area contributed by atoms with E-state index in [2.05, 4.69) is 0 Å². The third-order valence-corrected chi connectivity index (χ3v) is 1.81. The molecule has 4 atom stereocenters. The zero-order chi connectivity index (χ0) is 8.59. The lowest BCUT2D eigenvalue weighted by atomic mass is 9.89. The molecule has 0 radical (unpaired) electrons. The van der Waals surface area contributed by atoms with E-state index in [0.717, 1.165) is 0 Å². The van der Waals surface area contributed by atoms with Gasteiger partial charge in [-0.05, 0) is 0 Å². The predicted molar refractivity (Wildman–Crippen MR) is 33.7 cm³/mol. The lowest BCUT2D eigenvalue weighted by Crippen LogP contribution is -2.53. The predicted octanol–water partition coefficient (Wildman–Crippen LogP) is -2.60. The second-order valence-electron chi connectivity index (χ2n) is 2.66. The van der Waals surface area contributed by atoms with Gasteiger partial charge in [-0.2, -0.15) is 0 Å². The highest BCUT2D eigenvalue weighted by molar-refractivity contribution is 5.85. The molecule has 1 aliphatic rings. The molecule has 4 N–H and O–H groups in total. The molecule has 5 nitrogen and oxygen atoms in total. The summed E-state index contributed by atoms with van der Waals surface area (Å²) in [5, 5.41) is 35.6. The molecule has 0 aromatic rings. The third-order valence-electron chi connectivity index (χ3n) is 1.81. The summed E-state index contributed by atoms with van der Waals surface area (Å²) >= 11 is 0. The SMILES string of the molecule is O=C1C[C@@H](O)[C@@H](O)[C@@H](O)[C@@H]1O. The Morgan fingerprint density at radius 3 is 2.18 bits per heavy atom. The van der Waals surface area contributed by atoms with Gasteiger partial charge < -0.3 is 20.4 Å². The number of hydrogen-bond donors (Lipinski definition) is 4. The average Bonchev–Trinajstić information content (AvgIpc) is 1.97.